The number of halogens is 2. The third-order valence-corrected chi connectivity index (χ3v) is 6.74. The number of aromatic nitrogens is 3. The molecule has 2 aromatic carbocycles. The second kappa shape index (κ2) is 9.55. The van der Waals surface area contributed by atoms with Crippen molar-refractivity contribution in [3.63, 3.8) is 0 Å². The van der Waals surface area contributed by atoms with Crippen molar-refractivity contribution in [1.29, 1.82) is 0 Å². The second-order valence-corrected chi connectivity index (χ2v) is 8.92. The molecule has 5 nitrogen and oxygen atoms in total. The molecule has 0 aliphatic carbocycles. The molecule has 0 bridgehead atoms. The van der Waals surface area contributed by atoms with Crippen molar-refractivity contribution >= 4 is 46.3 Å². The van der Waals surface area contributed by atoms with Gasteiger partial charge in [-0.25, -0.2) is 9.37 Å². The second-order valence-electron chi connectivity index (χ2n) is 6.51. The number of anilines is 1. The van der Waals surface area contributed by atoms with Crippen LogP contribution in [0.2, 0.25) is 5.02 Å². The number of hydrogen-bond acceptors (Lipinski definition) is 6. The SMILES string of the molecule is Cc1nc(-c2ccc(F)cc2)sc1-c1ccc(SCC(=O)Nc2ccccc2Cl)nn1. The molecule has 1 amide bonds. The van der Waals surface area contributed by atoms with E-state index in [0.717, 1.165) is 21.1 Å². The Balaban J connectivity index is 1.41. The highest BCUT2D eigenvalue weighted by Crippen LogP contribution is 2.34. The van der Waals surface area contributed by atoms with Crippen molar-refractivity contribution in [1.82, 2.24) is 15.2 Å². The van der Waals surface area contributed by atoms with Crippen LogP contribution in [0.1, 0.15) is 5.69 Å². The van der Waals surface area contributed by atoms with E-state index >= 15 is 0 Å². The van der Waals surface area contributed by atoms with Gasteiger partial charge in [-0.1, -0.05) is 35.5 Å². The molecule has 0 saturated heterocycles. The van der Waals surface area contributed by atoms with Gasteiger partial charge in [0.15, 0.2) is 0 Å². The van der Waals surface area contributed by atoms with Gasteiger partial charge in [0.25, 0.3) is 0 Å². The summed E-state index contributed by atoms with van der Waals surface area (Å²) < 4.78 is 13.2. The van der Waals surface area contributed by atoms with Gasteiger partial charge < -0.3 is 5.32 Å². The number of nitrogens with one attached hydrogen (secondary N) is 1. The monoisotopic (exact) mass is 470 g/mol. The van der Waals surface area contributed by atoms with E-state index in [1.807, 2.05) is 25.1 Å². The van der Waals surface area contributed by atoms with E-state index in [4.69, 9.17) is 11.6 Å². The molecular formula is C22H16ClFN4OS2. The van der Waals surface area contributed by atoms with Gasteiger partial charge >= 0.3 is 0 Å². The lowest BCUT2D eigenvalue weighted by Crippen LogP contribution is -2.14. The molecule has 0 unspecified atom stereocenters. The van der Waals surface area contributed by atoms with Crippen molar-refractivity contribution in [2.45, 2.75) is 11.9 Å². The predicted molar refractivity (Wildman–Crippen MR) is 124 cm³/mol. The molecule has 2 heterocycles. The number of amides is 1. The third-order valence-electron chi connectivity index (χ3n) is 4.26. The van der Waals surface area contributed by atoms with Crippen LogP contribution in [0.15, 0.2) is 65.7 Å². The minimum atomic E-state index is -0.281. The quantitative estimate of drug-likeness (QED) is 0.345. The van der Waals surface area contributed by atoms with Crippen LogP contribution in [0, 0.1) is 12.7 Å². The highest BCUT2D eigenvalue weighted by Gasteiger charge is 2.14. The fourth-order valence-electron chi connectivity index (χ4n) is 2.76. The van der Waals surface area contributed by atoms with Gasteiger partial charge in [0.2, 0.25) is 5.91 Å². The summed E-state index contributed by atoms with van der Waals surface area (Å²) in [4.78, 5) is 17.6. The number of hydrogen-bond donors (Lipinski definition) is 1. The number of carbonyl (C=O) groups is 1. The number of nitrogens with zero attached hydrogens (tertiary/aromatic N) is 3. The summed E-state index contributed by atoms with van der Waals surface area (Å²) in [6, 6.07) is 17.0. The zero-order valence-corrected chi connectivity index (χ0v) is 18.7. The molecule has 0 aliphatic heterocycles. The zero-order valence-electron chi connectivity index (χ0n) is 16.3. The highest BCUT2D eigenvalue weighted by atomic mass is 35.5. The molecule has 0 spiro atoms. The molecule has 0 atom stereocenters. The molecule has 4 aromatic rings. The van der Waals surface area contributed by atoms with E-state index in [0.29, 0.717) is 21.4 Å². The Hall–Kier alpha value is -2.81. The number of para-hydroxylation sites is 1. The van der Waals surface area contributed by atoms with Gasteiger partial charge in [0, 0.05) is 5.56 Å². The van der Waals surface area contributed by atoms with Gasteiger partial charge in [-0.15, -0.1) is 21.5 Å². The first-order valence-corrected chi connectivity index (χ1v) is 11.4. The Kier molecular flexibility index (Phi) is 6.60. The Morgan fingerprint density at radius 2 is 1.87 bits per heavy atom. The lowest BCUT2D eigenvalue weighted by Gasteiger charge is -2.06. The molecule has 1 N–H and O–H groups in total. The summed E-state index contributed by atoms with van der Waals surface area (Å²) in [5, 5.41) is 13.2. The number of rotatable bonds is 6. The Morgan fingerprint density at radius 1 is 1.10 bits per heavy atom. The smallest absolute Gasteiger partial charge is 0.234 e. The summed E-state index contributed by atoms with van der Waals surface area (Å²) >= 11 is 8.82. The lowest BCUT2D eigenvalue weighted by atomic mass is 10.2. The van der Waals surface area contributed by atoms with Gasteiger partial charge in [-0.3, -0.25) is 4.79 Å². The number of aryl methyl sites for hydroxylation is 1. The Morgan fingerprint density at radius 3 is 2.58 bits per heavy atom. The summed E-state index contributed by atoms with van der Waals surface area (Å²) in [6.07, 6.45) is 0. The van der Waals surface area contributed by atoms with Crippen LogP contribution in [0.4, 0.5) is 10.1 Å². The largest absolute Gasteiger partial charge is 0.324 e. The van der Waals surface area contributed by atoms with Crippen molar-refractivity contribution in [2.24, 2.45) is 0 Å². The molecule has 4 rings (SSSR count). The standard InChI is InChI=1S/C22H16ClFN4OS2/c1-13-21(31-22(25-13)14-6-8-15(24)9-7-14)18-10-11-20(28-27-18)30-12-19(29)26-17-5-3-2-4-16(17)23/h2-11H,12H2,1H3,(H,26,29). The first kappa shape index (κ1) is 21.4. The maximum atomic E-state index is 13.2. The normalized spacial score (nSPS) is 10.8. The number of thioether (sulfide) groups is 1. The number of thiazole rings is 1. The lowest BCUT2D eigenvalue weighted by molar-refractivity contribution is -0.113. The van der Waals surface area contributed by atoms with Crippen molar-refractivity contribution in [2.75, 3.05) is 11.1 Å². The average Bonchev–Trinajstić information content (AvgIpc) is 3.16. The van der Waals surface area contributed by atoms with Crippen molar-refractivity contribution < 1.29 is 9.18 Å². The minimum Gasteiger partial charge on any atom is -0.324 e. The molecule has 0 radical (unpaired) electrons. The maximum Gasteiger partial charge on any atom is 0.234 e. The van der Waals surface area contributed by atoms with E-state index in [2.05, 4.69) is 20.5 Å². The fraction of sp³-hybridized carbons (Fsp3) is 0.0909. The molecule has 2 aromatic heterocycles. The van der Waals surface area contributed by atoms with Gasteiger partial charge in [-0.05, 0) is 55.5 Å². The predicted octanol–water partition coefficient (Wildman–Crippen LogP) is 6.10. The van der Waals surface area contributed by atoms with E-state index in [1.165, 1.54) is 35.2 Å². The summed E-state index contributed by atoms with van der Waals surface area (Å²) in [6.45, 7) is 1.91. The summed E-state index contributed by atoms with van der Waals surface area (Å²) in [5.41, 5.74) is 2.96. The molecule has 0 aliphatic rings. The Bertz CT molecular complexity index is 1210. The van der Waals surface area contributed by atoms with E-state index in [-0.39, 0.29) is 17.5 Å². The van der Waals surface area contributed by atoms with Crippen LogP contribution in [0.25, 0.3) is 21.1 Å². The van der Waals surface area contributed by atoms with E-state index < -0.39 is 0 Å². The first-order valence-electron chi connectivity index (χ1n) is 9.24. The molecule has 9 heteroatoms. The van der Waals surface area contributed by atoms with Crippen LogP contribution in [-0.4, -0.2) is 26.8 Å². The highest BCUT2D eigenvalue weighted by molar-refractivity contribution is 7.99. The van der Waals surface area contributed by atoms with Crippen molar-refractivity contribution in [3.8, 4) is 21.1 Å². The maximum absolute atomic E-state index is 13.2. The van der Waals surface area contributed by atoms with Crippen LogP contribution >= 0.6 is 34.7 Å². The van der Waals surface area contributed by atoms with Gasteiger partial charge in [0.05, 0.1) is 27.0 Å². The third kappa shape index (κ3) is 5.28. The summed E-state index contributed by atoms with van der Waals surface area (Å²) in [5.74, 6) is -0.268. The molecular weight excluding hydrogens is 455 g/mol. The van der Waals surface area contributed by atoms with Gasteiger partial charge in [0.1, 0.15) is 21.5 Å². The number of carbonyl (C=O) groups excluding carboxylic acids is 1. The fourth-order valence-corrected chi connectivity index (χ4v) is 4.59. The van der Waals surface area contributed by atoms with E-state index in [9.17, 15) is 9.18 Å². The van der Waals surface area contributed by atoms with Crippen LogP contribution in [-0.2, 0) is 4.79 Å². The van der Waals surface area contributed by atoms with E-state index in [1.54, 1.807) is 30.3 Å². The molecule has 0 fully saturated rings. The van der Waals surface area contributed by atoms with Crippen molar-refractivity contribution in [3.05, 3.63) is 77.2 Å². The van der Waals surface area contributed by atoms with Crippen LogP contribution in [0.3, 0.4) is 0 Å². The molecule has 0 saturated carbocycles. The number of benzene rings is 2. The first-order chi connectivity index (χ1) is 15.0. The molecule has 31 heavy (non-hydrogen) atoms. The van der Waals surface area contributed by atoms with Crippen LogP contribution < -0.4 is 5.32 Å². The Labute approximate surface area is 191 Å². The van der Waals surface area contributed by atoms with Crippen LogP contribution in [0.5, 0.6) is 0 Å². The minimum absolute atomic E-state index is 0.175. The summed E-state index contributed by atoms with van der Waals surface area (Å²) in [7, 11) is 0. The van der Waals surface area contributed by atoms with Gasteiger partial charge in [-0.2, -0.15) is 0 Å². The topological polar surface area (TPSA) is 67.8 Å². The zero-order chi connectivity index (χ0) is 21.8. The average molecular weight is 471 g/mol. The molecule has 156 valence electrons.